The van der Waals surface area contributed by atoms with Gasteiger partial charge in [0.1, 0.15) is 0 Å². The van der Waals surface area contributed by atoms with Crippen molar-refractivity contribution in [2.75, 3.05) is 13.1 Å². The van der Waals surface area contributed by atoms with Crippen LogP contribution in [0.25, 0.3) is 0 Å². The fourth-order valence-electron chi connectivity index (χ4n) is 2.98. The second-order valence-corrected chi connectivity index (χ2v) is 5.87. The van der Waals surface area contributed by atoms with Crippen LogP contribution in [0.15, 0.2) is 28.7 Å². The number of benzene rings is 1. The van der Waals surface area contributed by atoms with E-state index in [1.807, 2.05) is 0 Å². The SMILES string of the molecule is Brc1ccc(C2CC23CCCNC3)cc1. The predicted octanol–water partition coefficient (Wildman–Crippen LogP) is 3.31. The number of halogens is 1. The predicted molar refractivity (Wildman–Crippen MR) is 66.0 cm³/mol. The van der Waals surface area contributed by atoms with E-state index in [4.69, 9.17) is 0 Å². The summed E-state index contributed by atoms with van der Waals surface area (Å²) in [4.78, 5) is 0. The van der Waals surface area contributed by atoms with Crippen LogP contribution >= 0.6 is 15.9 Å². The molecule has 0 radical (unpaired) electrons. The number of rotatable bonds is 1. The van der Waals surface area contributed by atoms with Crippen molar-refractivity contribution in [1.82, 2.24) is 5.32 Å². The lowest BCUT2D eigenvalue weighted by atomic mass is 9.91. The van der Waals surface area contributed by atoms with Gasteiger partial charge in [-0.2, -0.15) is 0 Å². The molecule has 1 aliphatic heterocycles. The van der Waals surface area contributed by atoms with Gasteiger partial charge < -0.3 is 5.32 Å². The lowest BCUT2D eigenvalue weighted by Gasteiger charge is -2.23. The van der Waals surface area contributed by atoms with E-state index in [9.17, 15) is 0 Å². The summed E-state index contributed by atoms with van der Waals surface area (Å²) in [5.41, 5.74) is 2.15. The number of nitrogens with one attached hydrogen (secondary N) is 1. The summed E-state index contributed by atoms with van der Waals surface area (Å²) in [6, 6.07) is 8.88. The van der Waals surface area contributed by atoms with Gasteiger partial charge in [0.2, 0.25) is 0 Å². The van der Waals surface area contributed by atoms with Crippen LogP contribution in [-0.2, 0) is 0 Å². The van der Waals surface area contributed by atoms with Crippen LogP contribution in [0, 0.1) is 5.41 Å². The standard InChI is InChI=1S/C13H16BrN/c14-11-4-2-10(3-5-11)12-8-13(12)6-1-7-15-9-13/h2-5,12,15H,1,6-9H2. The molecule has 15 heavy (non-hydrogen) atoms. The quantitative estimate of drug-likeness (QED) is 0.822. The highest BCUT2D eigenvalue weighted by molar-refractivity contribution is 9.10. The van der Waals surface area contributed by atoms with E-state index in [-0.39, 0.29) is 0 Å². The number of hydrogen-bond donors (Lipinski definition) is 1. The average molecular weight is 266 g/mol. The average Bonchev–Trinajstić information content (AvgIpc) is 2.94. The van der Waals surface area contributed by atoms with Crippen molar-refractivity contribution in [1.29, 1.82) is 0 Å². The van der Waals surface area contributed by atoms with Gasteiger partial charge in [0.25, 0.3) is 0 Å². The van der Waals surface area contributed by atoms with Crippen molar-refractivity contribution in [2.24, 2.45) is 5.41 Å². The molecule has 2 unspecified atom stereocenters. The second-order valence-electron chi connectivity index (χ2n) is 4.95. The minimum atomic E-state index is 0.617. The summed E-state index contributed by atoms with van der Waals surface area (Å²) >= 11 is 3.49. The number of hydrogen-bond acceptors (Lipinski definition) is 1. The molecule has 2 atom stereocenters. The van der Waals surface area contributed by atoms with Gasteiger partial charge in [-0.15, -0.1) is 0 Å². The van der Waals surface area contributed by atoms with Gasteiger partial charge in [-0.3, -0.25) is 0 Å². The Morgan fingerprint density at radius 2 is 2.07 bits per heavy atom. The Balaban J connectivity index is 1.77. The van der Waals surface area contributed by atoms with Crippen LogP contribution in [0.5, 0.6) is 0 Å². The van der Waals surface area contributed by atoms with E-state index < -0.39 is 0 Å². The molecule has 1 heterocycles. The molecule has 1 spiro atoms. The Kier molecular flexibility index (Phi) is 2.37. The molecule has 0 amide bonds. The highest BCUT2D eigenvalue weighted by atomic mass is 79.9. The Morgan fingerprint density at radius 1 is 1.27 bits per heavy atom. The molecule has 1 aliphatic carbocycles. The van der Waals surface area contributed by atoms with Gasteiger partial charge in [0.15, 0.2) is 0 Å². The Morgan fingerprint density at radius 3 is 2.73 bits per heavy atom. The van der Waals surface area contributed by atoms with Crippen molar-refractivity contribution in [3.05, 3.63) is 34.3 Å². The first-order chi connectivity index (χ1) is 7.30. The van der Waals surface area contributed by atoms with Crippen LogP contribution in [0.4, 0.5) is 0 Å². The molecular weight excluding hydrogens is 250 g/mol. The van der Waals surface area contributed by atoms with Crippen molar-refractivity contribution in [3.8, 4) is 0 Å². The van der Waals surface area contributed by atoms with Crippen molar-refractivity contribution in [3.63, 3.8) is 0 Å². The Labute approximate surface area is 99.4 Å². The maximum Gasteiger partial charge on any atom is 0.0175 e. The molecule has 1 saturated heterocycles. The summed E-state index contributed by atoms with van der Waals surface area (Å²) in [6.07, 6.45) is 4.16. The van der Waals surface area contributed by atoms with E-state index in [1.165, 1.54) is 42.4 Å². The van der Waals surface area contributed by atoms with Crippen LogP contribution in [-0.4, -0.2) is 13.1 Å². The van der Waals surface area contributed by atoms with Gasteiger partial charge in [-0.1, -0.05) is 28.1 Å². The van der Waals surface area contributed by atoms with Crippen molar-refractivity contribution >= 4 is 15.9 Å². The summed E-state index contributed by atoms with van der Waals surface area (Å²) in [5.74, 6) is 0.818. The van der Waals surface area contributed by atoms with Crippen LogP contribution < -0.4 is 5.32 Å². The second kappa shape index (κ2) is 3.60. The normalized spacial score (nSPS) is 34.3. The van der Waals surface area contributed by atoms with Crippen LogP contribution in [0.3, 0.4) is 0 Å². The van der Waals surface area contributed by atoms with E-state index in [0.717, 1.165) is 5.92 Å². The molecule has 1 aromatic rings. The highest BCUT2D eigenvalue weighted by Gasteiger charge is 2.54. The first-order valence-electron chi connectivity index (χ1n) is 5.76. The molecule has 2 heteroatoms. The number of piperidine rings is 1. The van der Waals surface area contributed by atoms with E-state index in [0.29, 0.717) is 5.41 Å². The van der Waals surface area contributed by atoms with E-state index in [2.05, 4.69) is 45.5 Å². The maximum atomic E-state index is 3.54. The molecule has 80 valence electrons. The zero-order chi connectivity index (χ0) is 10.3. The fraction of sp³-hybridized carbons (Fsp3) is 0.538. The van der Waals surface area contributed by atoms with E-state index >= 15 is 0 Å². The molecule has 1 nitrogen and oxygen atoms in total. The molecule has 3 rings (SSSR count). The largest absolute Gasteiger partial charge is 0.316 e. The fourth-order valence-corrected chi connectivity index (χ4v) is 3.24. The van der Waals surface area contributed by atoms with Gasteiger partial charge in [-0.25, -0.2) is 0 Å². The minimum absolute atomic E-state index is 0.617. The summed E-state index contributed by atoms with van der Waals surface area (Å²) in [5, 5.41) is 3.54. The molecular formula is C13H16BrN. The highest BCUT2D eigenvalue weighted by Crippen LogP contribution is 2.62. The lowest BCUT2D eigenvalue weighted by Crippen LogP contribution is -2.31. The third-order valence-electron chi connectivity index (χ3n) is 3.97. The zero-order valence-electron chi connectivity index (χ0n) is 8.80. The minimum Gasteiger partial charge on any atom is -0.316 e. The molecule has 2 fully saturated rings. The van der Waals surface area contributed by atoms with Gasteiger partial charge in [0, 0.05) is 11.0 Å². The Bertz CT molecular complexity index is 351. The molecule has 0 aromatic heterocycles. The topological polar surface area (TPSA) is 12.0 Å². The van der Waals surface area contributed by atoms with Gasteiger partial charge in [-0.05, 0) is 54.8 Å². The first kappa shape index (κ1) is 9.86. The van der Waals surface area contributed by atoms with Crippen LogP contribution in [0.1, 0.15) is 30.7 Å². The van der Waals surface area contributed by atoms with Gasteiger partial charge >= 0.3 is 0 Å². The van der Waals surface area contributed by atoms with Crippen LogP contribution in [0.2, 0.25) is 0 Å². The third kappa shape index (κ3) is 1.74. The maximum absolute atomic E-state index is 3.54. The van der Waals surface area contributed by atoms with Crippen molar-refractivity contribution < 1.29 is 0 Å². The smallest absolute Gasteiger partial charge is 0.0175 e. The van der Waals surface area contributed by atoms with Crippen molar-refractivity contribution in [2.45, 2.75) is 25.2 Å². The first-order valence-corrected chi connectivity index (χ1v) is 6.56. The Hall–Kier alpha value is -0.340. The summed E-state index contributed by atoms with van der Waals surface area (Å²) in [7, 11) is 0. The lowest BCUT2D eigenvalue weighted by molar-refractivity contribution is 0.347. The molecule has 2 aliphatic rings. The monoisotopic (exact) mass is 265 g/mol. The van der Waals surface area contributed by atoms with E-state index in [1.54, 1.807) is 0 Å². The summed E-state index contributed by atoms with van der Waals surface area (Å²) < 4.78 is 1.18. The molecule has 1 aromatic carbocycles. The molecule has 0 bridgehead atoms. The molecule has 1 N–H and O–H groups in total. The zero-order valence-corrected chi connectivity index (χ0v) is 10.4. The third-order valence-corrected chi connectivity index (χ3v) is 4.50. The summed E-state index contributed by atoms with van der Waals surface area (Å²) in [6.45, 7) is 2.45. The molecule has 1 saturated carbocycles. The van der Waals surface area contributed by atoms with Gasteiger partial charge in [0.05, 0.1) is 0 Å².